The Morgan fingerprint density at radius 1 is 1.00 bits per heavy atom. The topological polar surface area (TPSA) is 87.2 Å². The molecule has 2 atom stereocenters. The summed E-state index contributed by atoms with van der Waals surface area (Å²) in [4.78, 5) is 57.0. The van der Waals surface area contributed by atoms with E-state index in [9.17, 15) is 19.2 Å². The molecule has 0 radical (unpaired) electrons. The summed E-state index contributed by atoms with van der Waals surface area (Å²) >= 11 is 0. The number of nitrogens with zero attached hydrogens (tertiary/aromatic N) is 3. The van der Waals surface area contributed by atoms with E-state index in [2.05, 4.69) is 0 Å². The van der Waals surface area contributed by atoms with Crippen LogP contribution in [0.1, 0.15) is 41.0 Å². The Labute approximate surface area is 192 Å². The summed E-state index contributed by atoms with van der Waals surface area (Å²) in [5.74, 6) is -1.19. The van der Waals surface area contributed by atoms with Crippen LogP contribution in [0.15, 0.2) is 48.5 Å². The molecule has 0 aliphatic carbocycles. The van der Waals surface area contributed by atoms with E-state index in [1.807, 2.05) is 13.8 Å². The Morgan fingerprint density at radius 3 is 2.15 bits per heavy atom. The fourth-order valence-electron chi connectivity index (χ4n) is 4.29. The second-order valence-corrected chi connectivity index (χ2v) is 8.93. The van der Waals surface area contributed by atoms with Gasteiger partial charge in [0.2, 0.25) is 0 Å². The first-order chi connectivity index (χ1) is 15.7. The number of carbonyl (C=O) groups is 4. The number of fused-ring (bicyclic) bond motifs is 2. The molecule has 8 heteroatoms. The van der Waals surface area contributed by atoms with Crippen LogP contribution < -0.4 is 9.64 Å². The minimum Gasteiger partial charge on any atom is -0.476 e. The summed E-state index contributed by atoms with van der Waals surface area (Å²) in [7, 11) is 3.25. The lowest BCUT2D eigenvalue weighted by Crippen LogP contribution is -2.56. The van der Waals surface area contributed by atoms with Crippen molar-refractivity contribution < 1.29 is 23.9 Å². The standard InChI is InChI=1S/C25H27N3O5/c1-15(2)13-19(28-22(29)16-9-5-6-10-17(16)23(28)30)24(31)27-14-21(25(32)26(3)4)33-20-12-8-7-11-18(20)27/h5-12,15,19,21H,13-14H2,1-4H3. The van der Waals surface area contributed by atoms with Gasteiger partial charge < -0.3 is 14.5 Å². The van der Waals surface area contributed by atoms with Crippen LogP contribution in [-0.2, 0) is 9.59 Å². The molecule has 4 rings (SSSR count). The Bertz CT molecular complexity index is 1090. The number of amides is 4. The molecule has 33 heavy (non-hydrogen) atoms. The van der Waals surface area contributed by atoms with Gasteiger partial charge in [0.05, 0.1) is 23.4 Å². The normalized spacial score (nSPS) is 18.0. The molecule has 2 aliphatic rings. The summed E-state index contributed by atoms with van der Waals surface area (Å²) < 4.78 is 5.88. The molecule has 4 amide bonds. The number of anilines is 1. The molecule has 0 bridgehead atoms. The minimum absolute atomic E-state index is 0.00930. The highest BCUT2D eigenvalue weighted by Crippen LogP contribution is 2.36. The second kappa shape index (κ2) is 8.69. The fourth-order valence-corrected chi connectivity index (χ4v) is 4.29. The molecular formula is C25H27N3O5. The summed E-state index contributed by atoms with van der Waals surface area (Å²) in [6, 6.07) is 12.6. The largest absolute Gasteiger partial charge is 0.476 e. The first-order valence-corrected chi connectivity index (χ1v) is 11.0. The number of imide groups is 1. The van der Waals surface area contributed by atoms with Crippen molar-refractivity contribution in [1.82, 2.24) is 9.80 Å². The van der Waals surface area contributed by atoms with Crippen molar-refractivity contribution in [2.75, 3.05) is 25.5 Å². The van der Waals surface area contributed by atoms with E-state index in [1.54, 1.807) is 62.6 Å². The number of benzene rings is 2. The van der Waals surface area contributed by atoms with E-state index in [-0.39, 0.29) is 18.4 Å². The Balaban J connectivity index is 1.73. The predicted octanol–water partition coefficient (Wildman–Crippen LogP) is 2.58. The van der Waals surface area contributed by atoms with Crippen molar-refractivity contribution in [3.05, 3.63) is 59.7 Å². The van der Waals surface area contributed by atoms with E-state index in [0.717, 1.165) is 4.90 Å². The molecular weight excluding hydrogens is 422 g/mol. The molecule has 0 aromatic heterocycles. The molecule has 0 spiro atoms. The van der Waals surface area contributed by atoms with Crippen LogP contribution >= 0.6 is 0 Å². The van der Waals surface area contributed by atoms with Crippen LogP contribution in [0, 0.1) is 5.92 Å². The molecule has 0 fully saturated rings. The zero-order valence-electron chi connectivity index (χ0n) is 19.1. The zero-order chi connectivity index (χ0) is 23.9. The summed E-state index contributed by atoms with van der Waals surface area (Å²) in [6.45, 7) is 3.86. The van der Waals surface area contributed by atoms with E-state index < -0.39 is 29.9 Å². The fraction of sp³-hybridized carbons (Fsp3) is 0.360. The third kappa shape index (κ3) is 3.97. The van der Waals surface area contributed by atoms with Crippen LogP contribution in [0.4, 0.5) is 5.69 Å². The SMILES string of the molecule is CC(C)CC(C(=O)N1CC(C(=O)N(C)C)Oc2ccccc21)N1C(=O)c2ccccc2C1=O. The van der Waals surface area contributed by atoms with Crippen molar-refractivity contribution in [2.45, 2.75) is 32.4 Å². The number of hydrogen-bond donors (Lipinski definition) is 0. The van der Waals surface area contributed by atoms with Crippen LogP contribution in [-0.4, -0.2) is 66.2 Å². The van der Waals surface area contributed by atoms with Crippen molar-refractivity contribution >= 4 is 29.3 Å². The number of ether oxygens (including phenoxy) is 1. The molecule has 8 nitrogen and oxygen atoms in total. The number of carbonyl (C=O) groups excluding carboxylic acids is 4. The van der Waals surface area contributed by atoms with Gasteiger partial charge in [-0.25, -0.2) is 0 Å². The van der Waals surface area contributed by atoms with Crippen molar-refractivity contribution in [2.24, 2.45) is 5.92 Å². The Hall–Kier alpha value is -3.68. The number of rotatable bonds is 5. The summed E-state index contributed by atoms with van der Waals surface area (Å²) in [5.41, 5.74) is 1.11. The third-order valence-corrected chi connectivity index (χ3v) is 5.87. The van der Waals surface area contributed by atoms with Crippen LogP contribution in [0.3, 0.4) is 0 Å². The number of likely N-dealkylation sites (N-methyl/N-ethyl adjacent to an activating group) is 1. The maximum atomic E-state index is 14.0. The average Bonchev–Trinajstić information content (AvgIpc) is 3.05. The molecule has 2 aromatic rings. The van der Waals surface area contributed by atoms with Crippen LogP contribution in [0.2, 0.25) is 0 Å². The molecule has 0 saturated carbocycles. The lowest BCUT2D eigenvalue weighted by atomic mass is 10.00. The first-order valence-electron chi connectivity index (χ1n) is 11.0. The van der Waals surface area contributed by atoms with E-state index >= 15 is 0 Å². The van der Waals surface area contributed by atoms with Crippen molar-refractivity contribution in [3.63, 3.8) is 0 Å². The van der Waals surface area contributed by atoms with Gasteiger partial charge in [0.15, 0.2) is 6.10 Å². The molecule has 2 heterocycles. The first kappa shape index (κ1) is 22.5. The molecule has 0 saturated heterocycles. The third-order valence-electron chi connectivity index (χ3n) is 5.87. The van der Waals surface area contributed by atoms with E-state index in [4.69, 9.17) is 4.74 Å². The zero-order valence-corrected chi connectivity index (χ0v) is 19.1. The van der Waals surface area contributed by atoms with Gasteiger partial charge in [0.25, 0.3) is 23.6 Å². The quantitative estimate of drug-likeness (QED) is 0.655. The molecule has 2 aliphatic heterocycles. The highest BCUT2D eigenvalue weighted by molar-refractivity contribution is 6.23. The highest BCUT2D eigenvalue weighted by atomic mass is 16.5. The minimum atomic E-state index is -1.00. The molecule has 2 unspecified atom stereocenters. The maximum Gasteiger partial charge on any atom is 0.265 e. The summed E-state index contributed by atoms with van der Waals surface area (Å²) in [5, 5.41) is 0. The summed E-state index contributed by atoms with van der Waals surface area (Å²) in [6.07, 6.45) is -0.587. The number of hydrogen-bond acceptors (Lipinski definition) is 5. The van der Waals surface area contributed by atoms with Crippen LogP contribution in [0.25, 0.3) is 0 Å². The number of para-hydroxylation sites is 2. The Kier molecular flexibility index (Phi) is 5.93. The monoisotopic (exact) mass is 449 g/mol. The van der Waals surface area contributed by atoms with Gasteiger partial charge in [-0.1, -0.05) is 38.1 Å². The van der Waals surface area contributed by atoms with Gasteiger partial charge in [0, 0.05) is 14.1 Å². The predicted molar refractivity (Wildman–Crippen MR) is 122 cm³/mol. The van der Waals surface area contributed by atoms with Gasteiger partial charge in [0.1, 0.15) is 11.8 Å². The molecule has 2 aromatic carbocycles. The van der Waals surface area contributed by atoms with Gasteiger partial charge in [-0.05, 0) is 36.6 Å². The second-order valence-electron chi connectivity index (χ2n) is 8.93. The highest BCUT2D eigenvalue weighted by Gasteiger charge is 2.46. The van der Waals surface area contributed by atoms with Gasteiger partial charge >= 0.3 is 0 Å². The lowest BCUT2D eigenvalue weighted by molar-refractivity contribution is -0.136. The van der Waals surface area contributed by atoms with Crippen LogP contribution in [0.5, 0.6) is 5.75 Å². The molecule has 0 N–H and O–H groups in total. The Morgan fingerprint density at radius 2 is 1.58 bits per heavy atom. The maximum absolute atomic E-state index is 14.0. The van der Waals surface area contributed by atoms with E-state index in [1.165, 1.54) is 9.80 Å². The average molecular weight is 450 g/mol. The van der Waals surface area contributed by atoms with Gasteiger partial charge in [-0.15, -0.1) is 0 Å². The van der Waals surface area contributed by atoms with Crippen molar-refractivity contribution in [1.29, 1.82) is 0 Å². The van der Waals surface area contributed by atoms with Gasteiger partial charge in [-0.2, -0.15) is 0 Å². The van der Waals surface area contributed by atoms with E-state index in [0.29, 0.717) is 29.0 Å². The smallest absolute Gasteiger partial charge is 0.265 e. The van der Waals surface area contributed by atoms with Gasteiger partial charge in [-0.3, -0.25) is 24.1 Å². The lowest BCUT2D eigenvalue weighted by Gasteiger charge is -2.38. The molecule has 172 valence electrons. The van der Waals surface area contributed by atoms with Crippen molar-refractivity contribution in [3.8, 4) is 5.75 Å².